The molecule has 0 spiro atoms. The summed E-state index contributed by atoms with van der Waals surface area (Å²) in [5.74, 6) is -0.112. The molecule has 0 amide bonds. The summed E-state index contributed by atoms with van der Waals surface area (Å²) < 4.78 is 0. The number of ketones is 1. The maximum atomic E-state index is 12.3. The van der Waals surface area contributed by atoms with Gasteiger partial charge in [0.05, 0.1) is 24.6 Å². The van der Waals surface area contributed by atoms with Gasteiger partial charge in [0.15, 0.2) is 5.78 Å². The first-order valence-corrected chi connectivity index (χ1v) is 14.8. The first-order valence-electron chi connectivity index (χ1n) is 12.3. The van der Waals surface area contributed by atoms with Crippen LogP contribution >= 0.6 is 7.26 Å². The smallest absolute Gasteiger partial charge is 0.187 e. The van der Waals surface area contributed by atoms with E-state index in [-0.39, 0.29) is 11.2 Å². The Hall–Kier alpha value is -0.720. The summed E-state index contributed by atoms with van der Waals surface area (Å²) >= 11 is 0. The average Bonchev–Trinajstić information content (AvgIpc) is 2.70. The molecule has 0 bridgehead atoms. The normalized spacial score (nSPS) is 20.5. The Morgan fingerprint density at radius 1 is 1.07 bits per heavy atom. The second kappa shape index (κ2) is 13.0. The molecular weight excluding hydrogens is 387 g/mol. The fraction of sp³-hybridized carbons (Fsp3) is 0.741. The number of aliphatic hydroxyl groups is 1. The Morgan fingerprint density at radius 2 is 1.57 bits per heavy atom. The van der Waals surface area contributed by atoms with Gasteiger partial charge in [-0.2, -0.15) is 0 Å². The van der Waals surface area contributed by atoms with Crippen LogP contribution in [-0.4, -0.2) is 41.6 Å². The Balaban J connectivity index is 3.04. The lowest BCUT2D eigenvalue weighted by Gasteiger charge is -2.34. The van der Waals surface area contributed by atoms with Crippen molar-refractivity contribution in [2.45, 2.75) is 99.5 Å². The number of Topliss-reactive ketones (excluding diaryl/α,β-unsaturated/α-hetero) is 1. The van der Waals surface area contributed by atoms with Crippen molar-refractivity contribution in [3.8, 4) is 0 Å². The van der Waals surface area contributed by atoms with Crippen molar-refractivity contribution in [3.05, 3.63) is 34.9 Å². The van der Waals surface area contributed by atoms with E-state index in [0.29, 0.717) is 6.42 Å². The van der Waals surface area contributed by atoms with Gasteiger partial charge in [0.25, 0.3) is 0 Å². The van der Waals surface area contributed by atoms with Crippen LogP contribution in [0.15, 0.2) is 34.9 Å². The van der Waals surface area contributed by atoms with Crippen LogP contribution in [0.25, 0.3) is 0 Å². The van der Waals surface area contributed by atoms with Gasteiger partial charge in [-0.15, -0.1) is 0 Å². The molecule has 1 N–H and O–H groups in total. The third-order valence-electron chi connectivity index (χ3n) is 6.78. The van der Waals surface area contributed by atoms with Gasteiger partial charge in [0, 0.05) is 7.26 Å². The van der Waals surface area contributed by atoms with Gasteiger partial charge in [-0.25, -0.2) is 0 Å². The largest absolute Gasteiger partial charge is 0.385 e. The third kappa shape index (κ3) is 8.08. The number of carbonyl (C=O) groups is 1. The van der Waals surface area contributed by atoms with Gasteiger partial charge in [-0.05, 0) is 62.2 Å². The highest BCUT2D eigenvalue weighted by molar-refractivity contribution is 7.76. The van der Waals surface area contributed by atoms with E-state index >= 15 is 0 Å². The Labute approximate surface area is 187 Å². The molecule has 2 nitrogen and oxygen atoms in total. The lowest BCUT2D eigenvalue weighted by atomic mass is 9.71. The highest BCUT2D eigenvalue weighted by Crippen LogP contribution is 2.61. The highest BCUT2D eigenvalue weighted by Gasteiger charge is 2.37. The molecule has 1 aliphatic rings. The number of allylic oxidation sites excluding steroid dienone is 5. The van der Waals surface area contributed by atoms with Gasteiger partial charge < -0.3 is 5.11 Å². The van der Waals surface area contributed by atoms with Crippen LogP contribution in [0.3, 0.4) is 0 Å². The maximum absolute atomic E-state index is 12.3. The molecular formula is C27H48O2P+. The molecule has 0 radical (unpaired) electrons. The fourth-order valence-corrected chi connectivity index (χ4v) is 9.49. The molecule has 0 aromatic carbocycles. The number of unbranched alkanes of at least 4 members (excludes halogenated alkanes) is 3. The molecule has 0 saturated carbocycles. The number of aliphatic hydroxyl groups excluding tert-OH is 1. The van der Waals surface area contributed by atoms with E-state index < -0.39 is 13.4 Å². The molecule has 1 aliphatic carbocycles. The van der Waals surface area contributed by atoms with E-state index in [1.165, 1.54) is 68.7 Å². The highest BCUT2D eigenvalue weighted by atomic mass is 31.2. The van der Waals surface area contributed by atoms with Gasteiger partial charge in [-0.1, -0.05) is 71.6 Å². The topological polar surface area (TPSA) is 37.3 Å². The van der Waals surface area contributed by atoms with Gasteiger partial charge in [0.2, 0.25) is 0 Å². The van der Waals surface area contributed by atoms with E-state index in [0.717, 1.165) is 11.1 Å². The van der Waals surface area contributed by atoms with E-state index in [1.807, 2.05) is 6.92 Å². The summed E-state index contributed by atoms with van der Waals surface area (Å²) in [5.41, 5.74) is 2.93. The quantitative estimate of drug-likeness (QED) is 0.239. The number of hydrogen-bond donors (Lipinski definition) is 1. The number of hydrogen-bond acceptors (Lipinski definition) is 2. The van der Waals surface area contributed by atoms with Gasteiger partial charge >= 0.3 is 0 Å². The maximum Gasteiger partial charge on any atom is 0.187 e. The van der Waals surface area contributed by atoms with Crippen LogP contribution in [0.4, 0.5) is 0 Å². The van der Waals surface area contributed by atoms with Crippen molar-refractivity contribution < 1.29 is 9.90 Å². The zero-order valence-corrected chi connectivity index (χ0v) is 21.8. The molecule has 3 heteroatoms. The van der Waals surface area contributed by atoms with Crippen molar-refractivity contribution in [2.24, 2.45) is 5.41 Å². The van der Waals surface area contributed by atoms with Crippen molar-refractivity contribution >= 4 is 13.0 Å². The standard InChI is InChI=1S/C27H48O2P/c1-8-11-17-30(18-12-9-2,19-13-10-3)20-16-22(4)14-15-24-23(5)26(29)25(28)21-27(24,6)7/h14-16,25,28H,8-13,17-21H2,1-7H3/q+1/b15-14+,22-16+/t25-/m0/s1. The molecule has 0 heterocycles. The SMILES string of the molecule is CCCC[P+](C/C=C(C)/C=C/C1=C(C)C(=O)[C@@H](O)CC1(C)C)(CCCC)CCCC. The first kappa shape index (κ1) is 27.3. The molecule has 0 fully saturated rings. The Morgan fingerprint density at radius 3 is 2.03 bits per heavy atom. The summed E-state index contributed by atoms with van der Waals surface area (Å²) in [6, 6.07) is 0. The van der Waals surface area contributed by atoms with Crippen LogP contribution in [0.5, 0.6) is 0 Å². The number of rotatable bonds is 13. The minimum atomic E-state index is -0.921. The molecule has 0 aromatic rings. The van der Waals surface area contributed by atoms with Crippen molar-refractivity contribution in [1.29, 1.82) is 0 Å². The summed E-state index contributed by atoms with van der Waals surface area (Å²) in [4.78, 5) is 12.3. The van der Waals surface area contributed by atoms with Crippen molar-refractivity contribution in [2.75, 3.05) is 24.6 Å². The summed E-state index contributed by atoms with van der Waals surface area (Å²) in [5, 5.41) is 10.0. The Kier molecular flexibility index (Phi) is 11.8. The molecule has 0 saturated heterocycles. The van der Waals surface area contributed by atoms with Crippen LogP contribution in [0.2, 0.25) is 0 Å². The molecule has 0 unspecified atom stereocenters. The summed E-state index contributed by atoms with van der Waals surface area (Å²) in [6.07, 6.45) is 20.1. The second-order valence-corrected chi connectivity index (χ2v) is 14.4. The lowest BCUT2D eigenvalue weighted by molar-refractivity contribution is -0.125. The minimum Gasteiger partial charge on any atom is -0.385 e. The van der Waals surface area contributed by atoms with Crippen LogP contribution in [0, 0.1) is 5.41 Å². The third-order valence-corrected chi connectivity index (χ3v) is 11.5. The minimum absolute atomic E-state index is 0.112. The van der Waals surface area contributed by atoms with E-state index in [4.69, 9.17) is 0 Å². The fourth-order valence-electron chi connectivity index (χ4n) is 4.64. The van der Waals surface area contributed by atoms with Crippen LogP contribution < -0.4 is 0 Å². The van der Waals surface area contributed by atoms with Crippen molar-refractivity contribution in [1.82, 2.24) is 0 Å². The molecule has 0 aromatic heterocycles. The van der Waals surface area contributed by atoms with Crippen LogP contribution in [-0.2, 0) is 4.79 Å². The molecule has 1 atom stereocenters. The van der Waals surface area contributed by atoms with Gasteiger partial charge in [-0.3, -0.25) is 4.79 Å². The number of carbonyl (C=O) groups excluding carboxylic acids is 1. The van der Waals surface area contributed by atoms with E-state index in [2.05, 4.69) is 59.8 Å². The summed E-state index contributed by atoms with van der Waals surface area (Å²) in [7, 11) is -0.921. The average molecular weight is 436 g/mol. The zero-order valence-electron chi connectivity index (χ0n) is 20.9. The summed E-state index contributed by atoms with van der Waals surface area (Å²) in [6.45, 7) is 15.3. The predicted molar refractivity (Wildman–Crippen MR) is 136 cm³/mol. The van der Waals surface area contributed by atoms with Crippen LogP contribution in [0.1, 0.15) is 93.4 Å². The zero-order chi connectivity index (χ0) is 22.8. The monoisotopic (exact) mass is 435 g/mol. The first-order chi connectivity index (χ1) is 14.1. The Bertz CT molecular complexity index is 617. The molecule has 30 heavy (non-hydrogen) atoms. The molecule has 0 aliphatic heterocycles. The lowest BCUT2D eigenvalue weighted by Crippen LogP contribution is -2.35. The second-order valence-electron chi connectivity index (χ2n) is 10.0. The van der Waals surface area contributed by atoms with Gasteiger partial charge in [0.1, 0.15) is 6.10 Å². The predicted octanol–water partition coefficient (Wildman–Crippen LogP) is 7.58. The molecule has 1 rings (SSSR count). The van der Waals surface area contributed by atoms with E-state index in [1.54, 1.807) is 0 Å². The molecule has 172 valence electrons. The van der Waals surface area contributed by atoms with E-state index in [9.17, 15) is 9.90 Å². The van der Waals surface area contributed by atoms with Crippen molar-refractivity contribution in [3.63, 3.8) is 0 Å².